The molecule has 3 rings (SSSR count). The molecule has 0 atom stereocenters. The smallest absolute Gasteiger partial charge is 0.338 e. The molecule has 2 aromatic carbocycles. The number of nitrogens with one attached hydrogen (secondary N) is 1. The lowest BCUT2D eigenvalue weighted by molar-refractivity contribution is 0.0475. The zero-order valence-corrected chi connectivity index (χ0v) is 12.4. The highest BCUT2D eigenvalue weighted by Crippen LogP contribution is 2.14. The van der Waals surface area contributed by atoms with Crippen molar-refractivity contribution < 1.29 is 19.1 Å². The first-order valence-corrected chi connectivity index (χ1v) is 6.95. The Morgan fingerprint density at radius 3 is 2.57 bits per heavy atom. The second-order valence-electron chi connectivity index (χ2n) is 4.86. The maximum atomic E-state index is 12.0. The van der Waals surface area contributed by atoms with Crippen LogP contribution in [0.1, 0.15) is 20.7 Å². The number of nitrogens with zero attached hydrogens (tertiary/aromatic N) is 1. The van der Waals surface area contributed by atoms with Gasteiger partial charge in [0, 0.05) is 5.56 Å². The molecule has 6 heteroatoms. The molecule has 1 N–H and O–H groups in total. The third kappa shape index (κ3) is 3.21. The van der Waals surface area contributed by atoms with Crippen molar-refractivity contribution >= 4 is 22.8 Å². The molecule has 0 radical (unpaired) electrons. The number of carbonyl (C=O) groups is 2. The lowest BCUT2D eigenvalue weighted by Crippen LogP contribution is -2.14. The van der Waals surface area contributed by atoms with Gasteiger partial charge >= 0.3 is 5.97 Å². The minimum absolute atomic E-state index is 0.274. The number of hydrogen-bond acceptors (Lipinski definition) is 5. The number of aromatic amines is 1. The summed E-state index contributed by atoms with van der Waals surface area (Å²) in [5, 5.41) is 0. The second-order valence-corrected chi connectivity index (χ2v) is 4.86. The maximum absolute atomic E-state index is 12.0. The van der Waals surface area contributed by atoms with Crippen molar-refractivity contribution in [3.8, 4) is 5.75 Å². The van der Waals surface area contributed by atoms with Crippen molar-refractivity contribution in [3.05, 3.63) is 59.9 Å². The van der Waals surface area contributed by atoms with Crippen molar-refractivity contribution in [1.82, 2.24) is 9.97 Å². The van der Waals surface area contributed by atoms with Gasteiger partial charge in [0.05, 0.1) is 30.0 Å². The van der Waals surface area contributed by atoms with Crippen LogP contribution in [-0.4, -0.2) is 35.4 Å². The van der Waals surface area contributed by atoms with Crippen LogP contribution in [0.25, 0.3) is 11.0 Å². The monoisotopic (exact) mass is 310 g/mol. The molecule has 3 aromatic rings. The first-order valence-electron chi connectivity index (χ1n) is 6.95. The van der Waals surface area contributed by atoms with Crippen LogP contribution in [0.3, 0.4) is 0 Å². The summed E-state index contributed by atoms with van der Waals surface area (Å²) in [6, 6.07) is 11.6. The number of imidazole rings is 1. The second kappa shape index (κ2) is 6.31. The Bertz CT molecular complexity index is 852. The van der Waals surface area contributed by atoms with Gasteiger partial charge in [0.1, 0.15) is 5.75 Å². The molecule has 0 amide bonds. The van der Waals surface area contributed by atoms with Gasteiger partial charge < -0.3 is 14.5 Å². The highest BCUT2D eigenvalue weighted by molar-refractivity contribution is 6.00. The summed E-state index contributed by atoms with van der Waals surface area (Å²) >= 11 is 0. The number of esters is 1. The summed E-state index contributed by atoms with van der Waals surface area (Å²) in [6.45, 7) is -0.313. The molecule has 23 heavy (non-hydrogen) atoms. The van der Waals surface area contributed by atoms with Crippen molar-refractivity contribution in [1.29, 1.82) is 0 Å². The highest BCUT2D eigenvalue weighted by Gasteiger charge is 2.13. The maximum Gasteiger partial charge on any atom is 0.338 e. The summed E-state index contributed by atoms with van der Waals surface area (Å²) in [6.07, 6.45) is 1.55. The molecule has 1 aromatic heterocycles. The van der Waals surface area contributed by atoms with Crippen LogP contribution in [0, 0.1) is 0 Å². The normalized spacial score (nSPS) is 10.5. The van der Waals surface area contributed by atoms with E-state index in [2.05, 4.69) is 9.97 Å². The van der Waals surface area contributed by atoms with Crippen LogP contribution in [0.4, 0.5) is 0 Å². The fraction of sp³-hybridized carbons (Fsp3) is 0.118. The topological polar surface area (TPSA) is 81.3 Å². The Balaban J connectivity index is 1.64. The molecule has 0 saturated carbocycles. The van der Waals surface area contributed by atoms with Gasteiger partial charge in [0.2, 0.25) is 0 Å². The van der Waals surface area contributed by atoms with E-state index in [1.165, 1.54) is 0 Å². The Labute approximate surface area is 132 Å². The molecule has 0 spiro atoms. The lowest BCUT2D eigenvalue weighted by atomic mass is 10.1. The number of hydrogen-bond donors (Lipinski definition) is 1. The zero-order valence-electron chi connectivity index (χ0n) is 12.4. The fourth-order valence-electron chi connectivity index (χ4n) is 2.14. The van der Waals surface area contributed by atoms with Gasteiger partial charge in [-0.05, 0) is 42.5 Å². The molecule has 1 heterocycles. The summed E-state index contributed by atoms with van der Waals surface area (Å²) in [7, 11) is 1.55. The highest BCUT2D eigenvalue weighted by atomic mass is 16.5. The SMILES string of the molecule is COc1ccc(C(=O)COC(=O)c2ccc3nc[nH]c3c2)cc1. The summed E-state index contributed by atoms with van der Waals surface area (Å²) in [5.41, 5.74) is 2.32. The molecule has 0 fully saturated rings. The number of carbonyl (C=O) groups excluding carboxylic acids is 2. The first kappa shape index (κ1) is 14.8. The van der Waals surface area contributed by atoms with Crippen molar-refractivity contribution in [3.63, 3.8) is 0 Å². The van der Waals surface area contributed by atoms with Crippen molar-refractivity contribution in [2.45, 2.75) is 0 Å². The average Bonchev–Trinajstić information content (AvgIpc) is 3.07. The molecular weight excluding hydrogens is 296 g/mol. The molecule has 0 bridgehead atoms. The number of fused-ring (bicyclic) bond motifs is 1. The average molecular weight is 310 g/mol. The molecule has 0 aliphatic heterocycles. The van der Waals surface area contributed by atoms with Gasteiger partial charge in [-0.3, -0.25) is 4.79 Å². The van der Waals surface area contributed by atoms with Gasteiger partial charge in [0.25, 0.3) is 0 Å². The molecule has 116 valence electrons. The van der Waals surface area contributed by atoms with Crippen LogP contribution in [0.5, 0.6) is 5.75 Å². The van der Waals surface area contributed by atoms with Crippen molar-refractivity contribution in [2.24, 2.45) is 0 Å². The predicted molar refractivity (Wildman–Crippen MR) is 83.7 cm³/mol. The molecule has 6 nitrogen and oxygen atoms in total. The third-order valence-electron chi connectivity index (χ3n) is 3.40. The van der Waals surface area contributed by atoms with E-state index in [0.717, 1.165) is 11.0 Å². The molecular formula is C17H14N2O4. The van der Waals surface area contributed by atoms with Crippen molar-refractivity contribution in [2.75, 3.05) is 13.7 Å². The number of aromatic nitrogens is 2. The van der Waals surface area contributed by atoms with Crippen LogP contribution >= 0.6 is 0 Å². The fourth-order valence-corrected chi connectivity index (χ4v) is 2.14. The first-order chi connectivity index (χ1) is 11.2. The number of benzene rings is 2. The molecule has 0 saturated heterocycles. The van der Waals surface area contributed by atoms with E-state index in [1.54, 1.807) is 55.9 Å². The summed E-state index contributed by atoms with van der Waals surface area (Å²) < 4.78 is 10.1. The minimum Gasteiger partial charge on any atom is -0.497 e. The number of H-pyrrole nitrogens is 1. The van der Waals surface area contributed by atoms with E-state index in [1.807, 2.05) is 0 Å². The molecule has 0 aliphatic rings. The quantitative estimate of drug-likeness (QED) is 0.578. The molecule has 0 unspecified atom stereocenters. The third-order valence-corrected chi connectivity index (χ3v) is 3.40. The summed E-state index contributed by atoms with van der Waals surface area (Å²) in [4.78, 5) is 31.0. The van der Waals surface area contributed by atoms with Gasteiger partial charge in [-0.15, -0.1) is 0 Å². The van der Waals surface area contributed by atoms with E-state index < -0.39 is 5.97 Å². The number of methoxy groups -OCH3 is 1. The zero-order chi connectivity index (χ0) is 16.2. The standard InChI is InChI=1S/C17H14N2O4/c1-22-13-5-2-11(3-6-13)16(20)9-23-17(21)12-4-7-14-15(8-12)19-10-18-14/h2-8,10H,9H2,1H3,(H,18,19). The molecule has 0 aliphatic carbocycles. The number of ketones is 1. The minimum atomic E-state index is -0.552. The van der Waals surface area contributed by atoms with Gasteiger partial charge in [-0.25, -0.2) is 9.78 Å². The van der Waals surface area contributed by atoms with E-state index in [4.69, 9.17) is 9.47 Å². The van der Waals surface area contributed by atoms with E-state index in [9.17, 15) is 9.59 Å². The van der Waals surface area contributed by atoms with Gasteiger partial charge in [-0.1, -0.05) is 0 Å². The van der Waals surface area contributed by atoms with E-state index >= 15 is 0 Å². The Hall–Kier alpha value is -3.15. The van der Waals surface area contributed by atoms with Crippen LogP contribution in [0.2, 0.25) is 0 Å². The van der Waals surface area contributed by atoms with Crippen LogP contribution < -0.4 is 4.74 Å². The van der Waals surface area contributed by atoms with E-state index in [-0.39, 0.29) is 12.4 Å². The van der Waals surface area contributed by atoms with Crippen LogP contribution in [0.15, 0.2) is 48.8 Å². The Morgan fingerprint density at radius 2 is 1.83 bits per heavy atom. The predicted octanol–water partition coefficient (Wildman–Crippen LogP) is 2.61. The number of Topliss-reactive ketones (excluding diaryl/α,β-unsaturated/α-hetero) is 1. The number of rotatable bonds is 5. The van der Waals surface area contributed by atoms with Crippen LogP contribution in [-0.2, 0) is 4.74 Å². The van der Waals surface area contributed by atoms with Gasteiger partial charge in [-0.2, -0.15) is 0 Å². The summed E-state index contributed by atoms with van der Waals surface area (Å²) in [5.74, 6) is -0.168. The Morgan fingerprint density at radius 1 is 1.09 bits per heavy atom. The lowest BCUT2D eigenvalue weighted by Gasteiger charge is -2.05. The number of ether oxygens (including phenoxy) is 2. The van der Waals surface area contributed by atoms with E-state index in [0.29, 0.717) is 16.9 Å². The largest absolute Gasteiger partial charge is 0.497 e. The Kier molecular flexibility index (Phi) is 4.05. The van der Waals surface area contributed by atoms with Gasteiger partial charge in [0.15, 0.2) is 12.4 Å².